The predicted molar refractivity (Wildman–Crippen MR) is 34.9 cm³/mol. The first-order valence-corrected chi connectivity index (χ1v) is 1.69. The fourth-order valence-corrected chi connectivity index (χ4v) is 0.0779. The van der Waals surface area contributed by atoms with E-state index < -0.39 is 5.97 Å². The van der Waals surface area contributed by atoms with E-state index in [9.17, 15) is 4.79 Å². The van der Waals surface area contributed by atoms with E-state index in [0.717, 1.165) is 0 Å². The first-order valence-electron chi connectivity index (χ1n) is 1.69. The molecule has 0 saturated carbocycles. The average molecular weight is 134 g/mol. The van der Waals surface area contributed by atoms with Crippen molar-refractivity contribution in [1.29, 1.82) is 0 Å². The number of hydrogen-bond acceptors (Lipinski definition) is 3. The van der Waals surface area contributed by atoms with Gasteiger partial charge in [-0.2, -0.15) is 5.26 Å². The van der Waals surface area contributed by atoms with Gasteiger partial charge in [0, 0.05) is 5.57 Å². The normalized spacial score (nSPS) is 6.75. The SMILES string of the molecule is C=C(C)C(=O)OO.[SiH4]. The molecule has 0 bridgehead atoms. The zero-order valence-corrected chi connectivity index (χ0v) is 3.97. The zero-order chi connectivity index (χ0) is 5.86. The fraction of sp³-hybridized carbons (Fsp3) is 0.250. The Hall–Kier alpha value is -0.613. The molecule has 0 amide bonds. The Morgan fingerprint density at radius 2 is 2.12 bits per heavy atom. The lowest BCUT2D eigenvalue weighted by Gasteiger charge is -1.88. The van der Waals surface area contributed by atoms with Crippen LogP contribution in [0.2, 0.25) is 0 Å². The molecule has 0 aliphatic heterocycles. The van der Waals surface area contributed by atoms with Gasteiger partial charge in [-0.25, -0.2) is 4.79 Å². The molecule has 8 heavy (non-hydrogen) atoms. The second-order valence-corrected chi connectivity index (χ2v) is 1.16. The van der Waals surface area contributed by atoms with Crippen molar-refractivity contribution in [3.63, 3.8) is 0 Å². The number of hydrogen-bond donors (Lipinski definition) is 1. The average Bonchev–Trinajstić information content (AvgIpc) is 1.65. The Bertz CT molecular complexity index is 99.5. The highest BCUT2D eigenvalue weighted by molar-refractivity contribution is 5.86. The van der Waals surface area contributed by atoms with Crippen LogP contribution in [0.1, 0.15) is 6.92 Å². The molecule has 0 atom stereocenters. The van der Waals surface area contributed by atoms with Gasteiger partial charge in [-0.15, -0.1) is 0 Å². The lowest BCUT2D eigenvalue weighted by molar-refractivity contribution is -0.229. The Labute approximate surface area is 51.9 Å². The fourth-order valence-electron chi connectivity index (χ4n) is 0.0779. The van der Waals surface area contributed by atoms with Gasteiger partial charge in [-0.05, 0) is 17.9 Å². The Kier molecular flexibility index (Phi) is 5.90. The maximum absolute atomic E-state index is 9.94. The van der Waals surface area contributed by atoms with Crippen molar-refractivity contribution in [3.05, 3.63) is 12.2 Å². The summed E-state index contributed by atoms with van der Waals surface area (Å²) in [5, 5.41) is 7.59. The summed E-state index contributed by atoms with van der Waals surface area (Å²) in [6, 6.07) is 0. The first-order chi connectivity index (χ1) is 3.18. The molecule has 0 spiro atoms. The molecule has 0 aromatic heterocycles. The van der Waals surface area contributed by atoms with Crippen molar-refractivity contribution in [1.82, 2.24) is 0 Å². The Morgan fingerprint density at radius 1 is 1.75 bits per heavy atom. The van der Waals surface area contributed by atoms with E-state index in [1.165, 1.54) is 6.92 Å². The third-order valence-electron chi connectivity index (χ3n) is 0.431. The van der Waals surface area contributed by atoms with Crippen molar-refractivity contribution in [2.45, 2.75) is 6.92 Å². The molecule has 0 aliphatic rings. The second kappa shape index (κ2) is 4.54. The molecule has 0 unspecified atom stereocenters. The van der Waals surface area contributed by atoms with Crippen LogP contribution in [0, 0.1) is 0 Å². The van der Waals surface area contributed by atoms with Crippen LogP contribution in [0.3, 0.4) is 0 Å². The monoisotopic (exact) mass is 134 g/mol. The van der Waals surface area contributed by atoms with Gasteiger partial charge < -0.3 is 0 Å². The summed E-state index contributed by atoms with van der Waals surface area (Å²) in [6.07, 6.45) is 0. The lowest BCUT2D eigenvalue weighted by atomic mass is 10.4. The maximum atomic E-state index is 9.94. The molecule has 0 radical (unpaired) electrons. The van der Waals surface area contributed by atoms with Crippen LogP contribution >= 0.6 is 0 Å². The largest absolute Gasteiger partial charge is 0.367 e. The molecule has 0 saturated heterocycles. The molecule has 0 aromatic rings. The van der Waals surface area contributed by atoms with Crippen LogP contribution in [-0.2, 0) is 9.68 Å². The van der Waals surface area contributed by atoms with Crippen molar-refractivity contribution in [2.24, 2.45) is 0 Å². The van der Waals surface area contributed by atoms with Crippen LogP contribution in [0.15, 0.2) is 12.2 Å². The molecule has 0 rings (SSSR count). The molecule has 4 heteroatoms. The van der Waals surface area contributed by atoms with Gasteiger partial charge in [0.25, 0.3) is 0 Å². The summed E-state index contributed by atoms with van der Waals surface area (Å²) in [6.45, 7) is 4.63. The van der Waals surface area contributed by atoms with E-state index in [4.69, 9.17) is 5.26 Å². The van der Waals surface area contributed by atoms with Crippen LogP contribution in [0.25, 0.3) is 0 Å². The van der Waals surface area contributed by atoms with E-state index in [1.807, 2.05) is 0 Å². The Balaban J connectivity index is 0. The highest BCUT2D eigenvalue weighted by Gasteiger charge is 1.98. The van der Waals surface area contributed by atoms with Gasteiger partial charge in [0.05, 0.1) is 0 Å². The molecule has 3 nitrogen and oxygen atoms in total. The smallest absolute Gasteiger partial charge is 0.296 e. The predicted octanol–water partition coefficient (Wildman–Crippen LogP) is -0.873. The van der Waals surface area contributed by atoms with Crippen LogP contribution in [0.4, 0.5) is 0 Å². The van der Waals surface area contributed by atoms with Crippen molar-refractivity contribution in [2.75, 3.05) is 0 Å². The maximum Gasteiger partial charge on any atom is 0.367 e. The first kappa shape index (κ1) is 10.4. The number of rotatable bonds is 1. The highest BCUT2D eigenvalue weighted by atomic mass is 28.1. The van der Waals surface area contributed by atoms with Gasteiger partial charge in [-0.1, -0.05) is 6.58 Å². The minimum absolute atomic E-state index is 0. The summed E-state index contributed by atoms with van der Waals surface area (Å²) in [4.78, 5) is 13.2. The van der Waals surface area contributed by atoms with E-state index >= 15 is 0 Å². The highest BCUT2D eigenvalue weighted by Crippen LogP contribution is 1.86. The van der Waals surface area contributed by atoms with Gasteiger partial charge in [0.1, 0.15) is 0 Å². The van der Waals surface area contributed by atoms with Gasteiger partial charge in [-0.3, -0.25) is 4.89 Å². The summed E-state index contributed by atoms with van der Waals surface area (Å²) in [5.74, 6) is -0.792. The summed E-state index contributed by atoms with van der Waals surface area (Å²) in [7, 11) is 0. The minimum atomic E-state index is -0.792. The molecule has 0 aliphatic carbocycles. The summed E-state index contributed by atoms with van der Waals surface area (Å²) < 4.78 is 0. The van der Waals surface area contributed by atoms with Crippen LogP contribution < -0.4 is 0 Å². The van der Waals surface area contributed by atoms with Crippen molar-refractivity contribution >= 4 is 16.9 Å². The molecule has 0 heterocycles. The van der Waals surface area contributed by atoms with E-state index in [2.05, 4.69) is 11.5 Å². The third kappa shape index (κ3) is 3.57. The quantitative estimate of drug-likeness (QED) is 0.219. The van der Waals surface area contributed by atoms with Crippen molar-refractivity contribution in [3.8, 4) is 0 Å². The molecule has 0 fully saturated rings. The molecule has 1 N–H and O–H groups in total. The standard InChI is InChI=1S/C4H6O3.H4Si/c1-3(2)4(5)7-6;/h6H,1H2,2H3;1H4. The van der Waals surface area contributed by atoms with Crippen LogP contribution in [-0.4, -0.2) is 22.2 Å². The summed E-state index contributed by atoms with van der Waals surface area (Å²) >= 11 is 0. The molecule has 0 aromatic carbocycles. The van der Waals surface area contributed by atoms with Crippen LogP contribution in [0.5, 0.6) is 0 Å². The zero-order valence-electron chi connectivity index (χ0n) is 3.97. The van der Waals surface area contributed by atoms with E-state index in [0.29, 0.717) is 0 Å². The Morgan fingerprint density at radius 3 is 2.12 bits per heavy atom. The molecule has 48 valence electrons. The van der Waals surface area contributed by atoms with Crippen molar-refractivity contribution < 1.29 is 14.9 Å². The van der Waals surface area contributed by atoms with E-state index in [-0.39, 0.29) is 16.5 Å². The third-order valence-corrected chi connectivity index (χ3v) is 0.431. The van der Waals surface area contributed by atoms with Gasteiger partial charge >= 0.3 is 5.97 Å². The van der Waals surface area contributed by atoms with E-state index in [1.54, 1.807) is 0 Å². The number of carbonyl (C=O) groups is 1. The topological polar surface area (TPSA) is 46.5 Å². The molecular formula is C4H10O3Si. The van der Waals surface area contributed by atoms with Gasteiger partial charge in [0.15, 0.2) is 0 Å². The second-order valence-electron chi connectivity index (χ2n) is 1.16. The number of carbonyl (C=O) groups excluding carboxylic acids is 1. The minimum Gasteiger partial charge on any atom is -0.296 e. The molecular weight excluding hydrogens is 124 g/mol. The lowest BCUT2D eigenvalue weighted by Crippen LogP contribution is -1.99. The van der Waals surface area contributed by atoms with Gasteiger partial charge in [0.2, 0.25) is 0 Å². The summed E-state index contributed by atoms with van der Waals surface area (Å²) in [5.41, 5.74) is 0.183.